The van der Waals surface area contributed by atoms with Gasteiger partial charge in [0, 0.05) is 18.9 Å². The second kappa shape index (κ2) is 5.73. The van der Waals surface area contributed by atoms with Crippen LogP contribution in [0.25, 0.3) is 5.69 Å². The van der Waals surface area contributed by atoms with Gasteiger partial charge in [-0.15, -0.1) is 0 Å². The van der Waals surface area contributed by atoms with Crippen LogP contribution in [-0.4, -0.2) is 21.4 Å². The molecule has 1 aromatic heterocycles. The number of rotatable bonds is 5. The van der Waals surface area contributed by atoms with E-state index in [0.717, 1.165) is 30.2 Å². The highest BCUT2D eigenvalue weighted by atomic mass is 16.5. The molecule has 2 N–H and O–H groups in total. The lowest BCUT2D eigenvalue weighted by Gasteiger charge is -2.10. The van der Waals surface area contributed by atoms with Crippen molar-refractivity contribution in [3.63, 3.8) is 0 Å². The highest BCUT2D eigenvalue weighted by Gasteiger charge is 2.11. The SMILES string of the molecule is CCOc1cc(-n2nc(CC)nc2CC)ccc1N. The van der Waals surface area contributed by atoms with E-state index in [2.05, 4.69) is 17.0 Å². The number of nitrogens with zero attached hydrogens (tertiary/aromatic N) is 3. The molecule has 0 saturated carbocycles. The highest BCUT2D eigenvalue weighted by molar-refractivity contribution is 5.57. The number of nitrogens with two attached hydrogens (primary N) is 1. The topological polar surface area (TPSA) is 66.0 Å². The van der Waals surface area contributed by atoms with Crippen molar-refractivity contribution in [3.05, 3.63) is 29.8 Å². The van der Waals surface area contributed by atoms with E-state index >= 15 is 0 Å². The lowest BCUT2D eigenvalue weighted by Crippen LogP contribution is -2.04. The molecule has 0 fully saturated rings. The van der Waals surface area contributed by atoms with Gasteiger partial charge in [-0.3, -0.25) is 0 Å². The van der Waals surface area contributed by atoms with E-state index in [1.807, 2.05) is 36.7 Å². The van der Waals surface area contributed by atoms with E-state index < -0.39 is 0 Å². The van der Waals surface area contributed by atoms with Crippen molar-refractivity contribution >= 4 is 5.69 Å². The van der Waals surface area contributed by atoms with Crippen LogP contribution in [0, 0.1) is 0 Å². The number of aromatic nitrogens is 3. The van der Waals surface area contributed by atoms with Crippen molar-refractivity contribution < 1.29 is 4.74 Å². The minimum atomic E-state index is 0.589. The number of ether oxygens (including phenoxy) is 1. The summed E-state index contributed by atoms with van der Waals surface area (Å²) in [4.78, 5) is 4.50. The highest BCUT2D eigenvalue weighted by Crippen LogP contribution is 2.25. The van der Waals surface area contributed by atoms with Crippen molar-refractivity contribution in [1.82, 2.24) is 14.8 Å². The van der Waals surface area contributed by atoms with Crippen molar-refractivity contribution in [1.29, 1.82) is 0 Å². The number of anilines is 1. The third-order valence-electron chi connectivity index (χ3n) is 2.89. The largest absolute Gasteiger partial charge is 0.492 e. The molecule has 1 heterocycles. The lowest BCUT2D eigenvalue weighted by atomic mass is 10.2. The molecule has 0 saturated heterocycles. The van der Waals surface area contributed by atoms with Gasteiger partial charge in [0.05, 0.1) is 18.0 Å². The first-order valence-corrected chi connectivity index (χ1v) is 6.67. The zero-order valence-electron chi connectivity index (χ0n) is 11.7. The number of hydrogen-bond donors (Lipinski definition) is 1. The van der Waals surface area contributed by atoms with Crippen LogP contribution in [0.2, 0.25) is 0 Å². The van der Waals surface area contributed by atoms with Gasteiger partial charge < -0.3 is 10.5 Å². The first-order chi connectivity index (χ1) is 9.19. The molecule has 0 aliphatic carbocycles. The molecular formula is C14H20N4O. The summed E-state index contributed by atoms with van der Waals surface area (Å²) in [5, 5.41) is 4.51. The fourth-order valence-electron chi connectivity index (χ4n) is 1.91. The Morgan fingerprint density at radius 1 is 1.21 bits per heavy atom. The van der Waals surface area contributed by atoms with Gasteiger partial charge in [0.2, 0.25) is 0 Å². The second-order valence-corrected chi connectivity index (χ2v) is 4.22. The van der Waals surface area contributed by atoms with E-state index in [-0.39, 0.29) is 0 Å². The molecule has 0 amide bonds. The Balaban J connectivity index is 2.46. The van der Waals surface area contributed by atoms with Crippen LogP contribution in [-0.2, 0) is 12.8 Å². The fourth-order valence-corrected chi connectivity index (χ4v) is 1.91. The zero-order valence-corrected chi connectivity index (χ0v) is 11.7. The number of benzene rings is 1. The number of aryl methyl sites for hydroxylation is 2. The third-order valence-corrected chi connectivity index (χ3v) is 2.89. The van der Waals surface area contributed by atoms with Gasteiger partial charge in [0.25, 0.3) is 0 Å². The monoisotopic (exact) mass is 260 g/mol. The summed E-state index contributed by atoms with van der Waals surface area (Å²) in [5.41, 5.74) is 7.46. The maximum Gasteiger partial charge on any atom is 0.151 e. The molecule has 0 spiro atoms. The Hall–Kier alpha value is -2.04. The molecule has 0 aliphatic rings. The van der Waals surface area contributed by atoms with Crippen molar-refractivity contribution in [2.24, 2.45) is 0 Å². The fraction of sp³-hybridized carbons (Fsp3) is 0.429. The van der Waals surface area contributed by atoms with E-state index in [0.29, 0.717) is 18.0 Å². The lowest BCUT2D eigenvalue weighted by molar-refractivity contribution is 0.342. The van der Waals surface area contributed by atoms with Gasteiger partial charge in [0.15, 0.2) is 5.82 Å². The zero-order chi connectivity index (χ0) is 13.8. The summed E-state index contributed by atoms with van der Waals surface area (Å²) in [6.45, 7) is 6.65. The Morgan fingerprint density at radius 3 is 2.63 bits per heavy atom. The van der Waals surface area contributed by atoms with Crippen molar-refractivity contribution in [2.75, 3.05) is 12.3 Å². The van der Waals surface area contributed by atoms with E-state index in [9.17, 15) is 0 Å². The van der Waals surface area contributed by atoms with Crippen LogP contribution in [0.5, 0.6) is 5.75 Å². The Bertz CT molecular complexity index is 563. The molecule has 19 heavy (non-hydrogen) atoms. The van der Waals surface area contributed by atoms with Gasteiger partial charge in [-0.25, -0.2) is 9.67 Å². The first kappa shape index (κ1) is 13.4. The molecule has 2 aromatic rings. The maximum absolute atomic E-state index is 5.89. The number of nitrogen functional groups attached to an aromatic ring is 1. The summed E-state index contributed by atoms with van der Waals surface area (Å²) in [5.74, 6) is 2.49. The van der Waals surface area contributed by atoms with E-state index in [1.54, 1.807) is 0 Å². The van der Waals surface area contributed by atoms with Crippen LogP contribution >= 0.6 is 0 Å². The van der Waals surface area contributed by atoms with E-state index in [1.165, 1.54) is 0 Å². The number of hydrogen-bond acceptors (Lipinski definition) is 4. The Kier molecular flexibility index (Phi) is 4.04. The molecule has 0 atom stereocenters. The molecule has 0 unspecified atom stereocenters. The second-order valence-electron chi connectivity index (χ2n) is 4.22. The summed E-state index contributed by atoms with van der Waals surface area (Å²) in [7, 11) is 0. The van der Waals surface area contributed by atoms with E-state index in [4.69, 9.17) is 10.5 Å². The van der Waals surface area contributed by atoms with Crippen LogP contribution in [0.4, 0.5) is 5.69 Å². The molecule has 0 radical (unpaired) electrons. The molecular weight excluding hydrogens is 240 g/mol. The first-order valence-electron chi connectivity index (χ1n) is 6.67. The van der Waals surface area contributed by atoms with Crippen molar-refractivity contribution in [3.8, 4) is 11.4 Å². The summed E-state index contributed by atoms with van der Waals surface area (Å²) in [6.07, 6.45) is 1.66. The van der Waals surface area contributed by atoms with Gasteiger partial charge in [-0.05, 0) is 19.1 Å². The summed E-state index contributed by atoms with van der Waals surface area (Å²) in [6, 6.07) is 5.68. The van der Waals surface area contributed by atoms with Crippen molar-refractivity contribution in [2.45, 2.75) is 33.6 Å². The van der Waals surface area contributed by atoms with Crippen LogP contribution < -0.4 is 10.5 Å². The molecule has 5 nitrogen and oxygen atoms in total. The van der Waals surface area contributed by atoms with Crippen LogP contribution in [0.15, 0.2) is 18.2 Å². The summed E-state index contributed by atoms with van der Waals surface area (Å²) >= 11 is 0. The average molecular weight is 260 g/mol. The van der Waals surface area contributed by atoms with Crippen LogP contribution in [0.3, 0.4) is 0 Å². The van der Waals surface area contributed by atoms with Gasteiger partial charge in [0.1, 0.15) is 11.6 Å². The minimum Gasteiger partial charge on any atom is -0.492 e. The Labute approximate surface area is 113 Å². The standard InChI is InChI=1S/C14H20N4O/c1-4-13-16-14(5-2)18(17-13)10-7-8-11(15)12(9-10)19-6-3/h7-9H,4-6,15H2,1-3H3. The molecule has 0 bridgehead atoms. The Morgan fingerprint density at radius 2 is 2.00 bits per heavy atom. The molecule has 0 aliphatic heterocycles. The molecule has 2 rings (SSSR count). The van der Waals surface area contributed by atoms with Gasteiger partial charge in [-0.2, -0.15) is 5.10 Å². The van der Waals surface area contributed by atoms with Gasteiger partial charge in [-0.1, -0.05) is 13.8 Å². The minimum absolute atomic E-state index is 0.589. The molecule has 1 aromatic carbocycles. The predicted octanol–water partition coefficient (Wildman–Crippen LogP) is 2.37. The maximum atomic E-state index is 5.89. The van der Waals surface area contributed by atoms with Crippen LogP contribution in [0.1, 0.15) is 32.4 Å². The third kappa shape index (κ3) is 2.70. The predicted molar refractivity (Wildman–Crippen MR) is 75.7 cm³/mol. The molecule has 5 heteroatoms. The van der Waals surface area contributed by atoms with Gasteiger partial charge >= 0.3 is 0 Å². The quantitative estimate of drug-likeness (QED) is 0.838. The smallest absolute Gasteiger partial charge is 0.151 e. The normalized spacial score (nSPS) is 10.7. The molecule has 102 valence electrons. The summed E-state index contributed by atoms with van der Waals surface area (Å²) < 4.78 is 7.38. The average Bonchev–Trinajstić information content (AvgIpc) is 2.85.